The molecule has 0 fully saturated rings. The summed E-state index contributed by atoms with van der Waals surface area (Å²) in [6, 6.07) is 29.7. The van der Waals surface area contributed by atoms with E-state index >= 15 is 0 Å². The lowest BCUT2D eigenvalue weighted by atomic mass is 10.0. The molecule has 0 aliphatic heterocycles. The SMILES string of the molecule is CC(C)CNC(=O)[C@H](Cc1ccccc1)N(Cc1ccccc1Cl)C(=O)CN(c1ccccc1)S(=O)(=O)c1ccc(Cl)cc1. The van der Waals surface area contributed by atoms with E-state index in [1.807, 2.05) is 44.2 Å². The molecule has 1 N–H and O–H groups in total. The number of hydrogen-bond acceptors (Lipinski definition) is 4. The van der Waals surface area contributed by atoms with Crippen molar-refractivity contribution in [3.05, 3.63) is 130 Å². The Labute approximate surface area is 269 Å². The molecule has 4 aromatic rings. The van der Waals surface area contributed by atoms with Crippen LogP contribution < -0.4 is 9.62 Å². The standard InChI is InChI=1S/C34H35Cl2N3O4S/c1-25(2)22-37-34(41)32(21-26-11-5-3-6-12-26)38(23-27-13-9-10-16-31(27)36)33(40)24-39(29-14-7-4-8-15-29)44(42,43)30-19-17-28(35)18-20-30/h3-20,25,32H,21-24H2,1-2H3,(H,37,41)/t32-/m0/s1. The number of sulfonamides is 1. The number of amides is 2. The van der Waals surface area contributed by atoms with E-state index in [4.69, 9.17) is 23.2 Å². The van der Waals surface area contributed by atoms with Gasteiger partial charge in [-0.2, -0.15) is 0 Å². The number of nitrogens with zero attached hydrogens (tertiary/aromatic N) is 2. The lowest BCUT2D eigenvalue weighted by Gasteiger charge is -2.34. The van der Waals surface area contributed by atoms with Gasteiger partial charge < -0.3 is 10.2 Å². The van der Waals surface area contributed by atoms with Crippen molar-refractivity contribution < 1.29 is 18.0 Å². The van der Waals surface area contributed by atoms with E-state index < -0.39 is 28.5 Å². The van der Waals surface area contributed by atoms with E-state index in [9.17, 15) is 18.0 Å². The quantitative estimate of drug-likeness (QED) is 0.176. The van der Waals surface area contributed by atoms with Gasteiger partial charge in [0.1, 0.15) is 12.6 Å². The van der Waals surface area contributed by atoms with Crippen LogP contribution in [0.1, 0.15) is 25.0 Å². The Bertz CT molecular complexity index is 1650. The van der Waals surface area contributed by atoms with Crippen LogP contribution in [0.4, 0.5) is 5.69 Å². The normalized spacial score (nSPS) is 12.0. The van der Waals surface area contributed by atoms with Gasteiger partial charge in [0.2, 0.25) is 11.8 Å². The van der Waals surface area contributed by atoms with Gasteiger partial charge in [0, 0.05) is 29.6 Å². The number of carbonyl (C=O) groups is 2. The number of anilines is 1. The highest BCUT2D eigenvalue weighted by Gasteiger charge is 2.34. The van der Waals surface area contributed by atoms with Crippen molar-refractivity contribution in [2.45, 2.75) is 37.8 Å². The molecule has 0 aliphatic carbocycles. The second-order valence-corrected chi connectivity index (χ2v) is 13.5. The number of hydrogen-bond donors (Lipinski definition) is 1. The molecule has 2 amide bonds. The zero-order valence-corrected chi connectivity index (χ0v) is 26.9. The lowest BCUT2D eigenvalue weighted by molar-refractivity contribution is -0.140. The third-order valence-electron chi connectivity index (χ3n) is 6.98. The molecule has 4 aromatic carbocycles. The number of halogens is 2. The molecule has 230 valence electrons. The summed E-state index contributed by atoms with van der Waals surface area (Å²) in [7, 11) is -4.21. The molecule has 4 rings (SSSR count). The summed E-state index contributed by atoms with van der Waals surface area (Å²) in [6.45, 7) is 3.83. The number of para-hydroxylation sites is 1. The monoisotopic (exact) mass is 651 g/mol. The van der Waals surface area contributed by atoms with Crippen molar-refractivity contribution in [3.8, 4) is 0 Å². The Morgan fingerprint density at radius 3 is 2.00 bits per heavy atom. The summed E-state index contributed by atoms with van der Waals surface area (Å²) >= 11 is 12.6. The van der Waals surface area contributed by atoms with Crippen LogP contribution in [0, 0.1) is 5.92 Å². The maximum Gasteiger partial charge on any atom is 0.264 e. The molecule has 10 heteroatoms. The molecule has 0 spiro atoms. The fourth-order valence-corrected chi connectivity index (χ4v) is 6.38. The zero-order chi connectivity index (χ0) is 31.7. The molecule has 0 aromatic heterocycles. The van der Waals surface area contributed by atoms with Gasteiger partial charge in [0.25, 0.3) is 10.0 Å². The summed E-state index contributed by atoms with van der Waals surface area (Å²) in [4.78, 5) is 29.6. The maximum atomic E-state index is 14.4. The van der Waals surface area contributed by atoms with Crippen LogP contribution in [0.3, 0.4) is 0 Å². The molecule has 0 heterocycles. The maximum absolute atomic E-state index is 14.4. The average molecular weight is 653 g/mol. The molecule has 0 saturated carbocycles. The number of nitrogens with one attached hydrogen (secondary N) is 1. The zero-order valence-electron chi connectivity index (χ0n) is 24.6. The average Bonchev–Trinajstić information content (AvgIpc) is 3.02. The molecule has 44 heavy (non-hydrogen) atoms. The summed E-state index contributed by atoms with van der Waals surface area (Å²) < 4.78 is 29.1. The minimum absolute atomic E-state index is 0.00523. The van der Waals surface area contributed by atoms with Crippen LogP contribution in [-0.2, 0) is 32.6 Å². The molecule has 0 aliphatic rings. The van der Waals surface area contributed by atoms with E-state index in [2.05, 4.69) is 5.32 Å². The molecule has 7 nitrogen and oxygen atoms in total. The van der Waals surface area contributed by atoms with Crippen LogP contribution in [0.25, 0.3) is 0 Å². The van der Waals surface area contributed by atoms with E-state index in [0.717, 1.165) is 9.87 Å². The second-order valence-electron chi connectivity index (χ2n) is 10.8. The molecular formula is C34H35Cl2N3O4S. The minimum Gasteiger partial charge on any atom is -0.354 e. The minimum atomic E-state index is -4.21. The molecule has 0 bridgehead atoms. The lowest BCUT2D eigenvalue weighted by Crippen LogP contribution is -2.53. The van der Waals surface area contributed by atoms with Crippen molar-refractivity contribution in [2.24, 2.45) is 5.92 Å². The van der Waals surface area contributed by atoms with Crippen LogP contribution in [-0.4, -0.2) is 44.3 Å². The van der Waals surface area contributed by atoms with Gasteiger partial charge in [-0.1, -0.05) is 104 Å². The van der Waals surface area contributed by atoms with Crippen molar-refractivity contribution in [1.29, 1.82) is 0 Å². The number of rotatable bonds is 13. The third kappa shape index (κ3) is 8.62. The first-order valence-electron chi connectivity index (χ1n) is 14.2. The highest BCUT2D eigenvalue weighted by atomic mass is 35.5. The van der Waals surface area contributed by atoms with Gasteiger partial charge in [-0.15, -0.1) is 0 Å². The molecule has 0 unspecified atom stereocenters. The van der Waals surface area contributed by atoms with Gasteiger partial charge >= 0.3 is 0 Å². The molecular weight excluding hydrogens is 617 g/mol. The van der Waals surface area contributed by atoms with Crippen LogP contribution in [0.5, 0.6) is 0 Å². The summed E-state index contributed by atoms with van der Waals surface area (Å²) in [5.41, 5.74) is 1.78. The fourth-order valence-electron chi connectivity index (χ4n) is 4.64. The number of carbonyl (C=O) groups excluding carboxylic acids is 2. The predicted molar refractivity (Wildman–Crippen MR) is 176 cm³/mol. The van der Waals surface area contributed by atoms with Crippen LogP contribution >= 0.6 is 23.2 Å². The highest BCUT2D eigenvalue weighted by Crippen LogP contribution is 2.26. The Morgan fingerprint density at radius 1 is 0.795 bits per heavy atom. The first-order valence-corrected chi connectivity index (χ1v) is 16.4. The first kappa shape index (κ1) is 33.1. The number of benzene rings is 4. The molecule has 1 atom stereocenters. The van der Waals surface area contributed by atoms with Crippen molar-refractivity contribution in [3.63, 3.8) is 0 Å². The third-order valence-corrected chi connectivity index (χ3v) is 9.39. The van der Waals surface area contributed by atoms with Gasteiger partial charge in [-0.25, -0.2) is 8.42 Å². The van der Waals surface area contributed by atoms with Gasteiger partial charge in [0.15, 0.2) is 0 Å². The van der Waals surface area contributed by atoms with Crippen molar-refractivity contribution >= 4 is 50.7 Å². The van der Waals surface area contributed by atoms with Gasteiger partial charge in [-0.3, -0.25) is 13.9 Å². The first-order chi connectivity index (χ1) is 21.1. The van der Waals surface area contributed by atoms with E-state index in [-0.39, 0.29) is 29.7 Å². The Hall–Kier alpha value is -3.85. The smallest absolute Gasteiger partial charge is 0.264 e. The summed E-state index contributed by atoms with van der Waals surface area (Å²) in [5, 5.41) is 3.79. The fraction of sp³-hybridized carbons (Fsp3) is 0.235. The highest BCUT2D eigenvalue weighted by molar-refractivity contribution is 7.92. The largest absolute Gasteiger partial charge is 0.354 e. The topological polar surface area (TPSA) is 86.8 Å². The van der Waals surface area contributed by atoms with Crippen LogP contribution in [0.15, 0.2) is 114 Å². The Balaban J connectivity index is 1.79. The van der Waals surface area contributed by atoms with Crippen molar-refractivity contribution in [2.75, 3.05) is 17.4 Å². The van der Waals surface area contributed by atoms with E-state index in [1.165, 1.54) is 29.2 Å². The Morgan fingerprint density at radius 2 is 1.39 bits per heavy atom. The summed E-state index contributed by atoms with van der Waals surface area (Å²) in [6.07, 6.45) is 0.218. The summed E-state index contributed by atoms with van der Waals surface area (Å²) in [5.74, 6) is -0.719. The van der Waals surface area contributed by atoms with Crippen molar-refractivity contribution in [1.82, 2.24) is 10.2 Å². The van der Waals surface area contributed by atoms with E-state index in [1.54, 1.807) is 54.6 Å². The molecule has 0 radical (unpaired) electrons. The van der Waals surface area contributed by atoms with Crippen LogP contribution in [0.2, 0.25) is 10.0 Å². The van der Waals surface area contributed by atoms with E-state index in [0.29, 0.717) is 27.8 Å². The van der Waals surface area contributed by atoms with Gasteiger partial charge in [0.05, 0.1) is 10.6 Å². The van der Waals surface area contributed by atoms with Gasteiger partial charge in [-0.05, 0) is 59.5 Å². The second kappa shape index (κ2) is 15.2. The Kier molecular flexibility index (Phi) is 11.4. The molecule has 0 saturated heterocycles. The predicted octanol–water partition coefficient (Wildman–Crippen LogP) is 6.60.